The largest absolute Gasteiger partial charge is 0.356 e. The molecular weight excluding hydrogens is 360 g/mol. The highest BCUT2D eigenvalue weighted by atomic mass is 15.3. The second-order valence-corrected chi connectivity index (χ2v) is 7.45. The Bertz CT molecular complexity index is 772. The van der Waals surface area contributed by atoms with Gasteiger partial charge in [0.2, 0.25) is 0 Å². The molecule has 0 unspecified atom stereocenters. The summed E-state index contributed by atoms with van der Waals surface area (Å²) in [7, 11) is 1.88. The minimum Gasteiger partial charge on any atom is -0.356 e. The highest BCUT2D eigenvalue weighted by molar-refractivity contribution is 5.79. The summed E-state index contributed by atoms with van der Waals surface area (Å²) in [6, 6.07) is 10.5. The third-order valence-corrected chi connectivity index (χ3v) is 5.39. The van der Waals surface area contributed by atoms with E-state index in [4.69, 9.17) is 0 Å². The minimum absolute atomic E-state index is 0.959. The second kappa shape index (κ2) is 11.4. The predicted octanol–water partition coefficient (Wildman–Crippen LogP) is 2.88. The zero-order valence-electron chi connectivity index (χ0n) is 17.8. The Kier molecular flexibility index (Phi) is 8.31. The summed E-state index contributed by atoms with van der Waals surface area (Å²) < 4.78 is 2.21. The van der Waals surface area contributed by atoms with Crippen LogP contribution in [0.1, 0.15) is 24.2 Å². The van der Waals surface area contributed by atoms with Gasteiger partial charge in [-0.2, -0.15) is 0 Å². The van der Waals surface area contributed by atoms with E-state index < -0.39 is 0 Å². The van der Waals surface area contributed by atoms with E-state index >= 15 is 0 Å². The number of hydrogen-bond acceptors (Lipinski definition) is 3. The van der Waals surface area contributed by atoms with Gasteiger partial charge in [0.15, 0.2) is 5.96 Å². The molecule has 0 radical (unpaired) electrons. The Morgan fingerprint density at radius 2 is 1.93 bits per heavy atom. The summed E-state index contributed by atoms with van der Waals surface area (Å²) in [6.07, 6.45) is 10.7. The van der Waals surface area contributed by atoms with Crippen molar-refractivity contribution in [1.82, 2.24) is 24.7 Å². The zero-order valence-corrected chi connectivity index (χ0v) is 17.8. The SMILES string of the molecule is CN=C(NCCCCn1ccnc1C)N1CCN(C/C=C/c2ccccc2)CC1. The molecule has 0 atom stereocenters. The van der Waals surface area contributed by atoms with Crippen LogP contribution in [0.25, 0.3) is 6.08 Å². The Labute approximate surface area is 175 Å². The average molecular weight is 395 g/mol. The maximum absolute atomic E-state index is 4.48. The molecule has 1 aliphatic rings. The maximum atomic E-state index is 4.48. The lowest BCUT2D eigenvalue weighted by molar-refractivity contribution is 0.194. The fourth-order valence-corrected chi connectivity index (χ4v) is 3.62. The number of guanidine groups is 1. The first-order valence-corrected chi connectivity index (χ1v) is 10.6. The van der Waals surface area contributed by atoms with Crippen LogP contribution in [0.5, 0.6) is 0 Å². The molecule has 6 heteroatoms. The van der Waals surface area contributed by atoms with Crippen LogP contribution in [0.2, 0.25) is 0 Å². The van der Waals surface area contributed by atoms with E-state index in [9.17, 15) is 0 Å². The van der Waals surface area contributed by atoms with Gasteiger partial charge in [0, 0.05) is 65.3 Å². The number of unbranched alkanes of at least 4 members (excludes halogenated alkanes) is 1. The molecule has 0 spiro atoms. The molecular formula is C23H34N6. The van der Waals surface area contributed by atoms with Gasteiger partial charge in [0.25, 0.3) is 0 Å². The molecule has 1 fully saturated rings. The van der Waals surface area contributed by atoms with E-state index in [1.54, 1.807) is 0 Å². The van der Waals surface area contributed by atoms with Crippen molar-refractivity contribution in [3.05, 3.63) is 60.2 Å². The number of aryl methyl sites for hydroxylation is 2. The summed E-state index contributed by atoms with van der Waals surface area (Å²) in [5, 5.41) is 3.53. The third kappa shape index (κ3) is 6.75. The summed E-state index contributed by atoms with van der Waals surface area (Å²) in [5.41, 5.74) is 1.26. The van der Waals surface area contributed by atoms with Crippen molar-refractivity contribution >= 4 is 12.0 Å². The van der Waals surface area contributed by atoms with Crippen LogP contribution in [0.4, 0.5) is 0 Å². The standard InChI is InChI=1S/C23H34N6/c1-21-25-13-16-28(21)15-7-6-12-26-23(24-2)29-19-17-27(18-20-29)14-8-11-22-9-4-3-5-10-22/h3-5,8-11,13,16H,6-7,12,14-15,17-20H2,1-2H3,(H,24,26)/b11-8+. The molecule has 2 aromatic rings. The van der Waals surface area contributed by atoms with Crippen LogP contribution in [0.15, 0.2) is 53.8 Å². The lowest BCUT2D eigenvalue weighted by Crippen LogP contribution is -2.52. The van der Waals surface area contributed by atoms with Gasteiger partial charge >= 0.3 is 0 Å². The quantitative estimate of drug-likeness (QED) is 0.425. The van der Waals surface area contributed by atoms with Gasteiger partial charge in [-0.05, 0) is 25.3 Å². The molecule has 3 rings (SSSR count). The van der Waals surface area contributed by atoms with Crippen molar-refractivity contribution in [1.29, 1.82) is 0 Å². The summed E-state index contributed by atoms with van der Waals surface area (Å²) in [4.78, 5) is 13.6. The van der Waals surface area contributed by atoms with Crippen molar-refractivity contribution < 1.29 is 0 Å². The Balaban J connectivity index is 1.32. The van der Waals surface area contributed by atoms with E-state index in [-0.39, 0.29) is 0 Å². The van der Waals surface area contributed by atoms with E-state index in [1.165, 1.54) is 5.56 Å². The monoisotopic (exact) mass is 394 g/mol. The molecule has 1 aromatic heterocycles. The molecule has 1 aromatic carbocycles. The van der Waals surface area contributed by atoms with Crippen LogP contribution in [0, 0.1) is 6.92 Å². The average Bonchev–Trinajstić information content (AvgIpc) is 3.17. The molecule has 1 N–H and O–H groups in total. The van der Waals surface area contributed by atoms with Crippen molar-refractivity contribution in [3.63, 3.8) is 0 Å². The number of nitrogens with one attached hydrogen (secondary N) is 1. The molecule has 0 bridgehead atoms. The highest BCUT2D eigenvalue weighted by Gasteiger charge is 2.18. The molecule has 0 amide bonds. The molecule has 2 heterocycles. The van der Waals surface area contributed by atoms with Gasteiger partial charge in [-0.25, -0.2) is 4.98 Å². The maximum Gasteiger partial charge on any atom is 0.193 e. The van der Waals surface area contributed by atoms with Crippen LogP contribution >= 0.6 is 0 Å². The molecule has 0 saturated carbocycles. The fourth-order valence-electron chi connectivity index (χ4n) is 3.62. The lowest BCUT2D eigenvalue weighted by Gasteiger charge is -2.36. The summed E-state index contributed by atoms with van der Waals surface area (Å²) in [6.45, 7) is 9.22. The Morgan fingerprint density at radius 1 is 1.14 bits per heavy atom. The molecule has 156 valence electrons. The number of nitrogens with zero attached hydrogens (tertiary/aromatic N) is 5. The Hall–Kier alpha value is -2.60. The summed E-state index contributed by atoms with van der Waals surface area (Å²) >= 11 is 0. The fraction of sp³-hybridized carbons (Fsp3) is 0.478. The van der Waals surface area contributed by atoms with E-state index in [1.807, 2.05) is 13.2 Å². The van der Waals surface area contributed by atoms with Crippen molar-refractivity contribution in [2.45, 2.75) is 26.3 Å². The normalized spacial score (nSPS) is 15.9. The topological polar surface area (TPSA) is 48.7 Å². The number of aromatic nitrogens is 2. The summed E-state index contributed by atoms with van der Waals surface area (Å²) in [5.74, 6) is 2.12. The number of hydrogen-bond donors (Lipinski definition) is 1. The van der Waals surface area contributed by atoms with Gasteiger partial charge in [-0.3, -0.25) is 9.89 Å². The van der Waals surface area contributed by atoms with Gasteiger partial charge in [0.05, 0.1) is 0 Å². The highest BCUT2D eigenvalue weighted by Crippen LogP contribution is 2.05. The van der Waals surface area contributed by atoms with E-state index in [0.29, 0.717) is 0 Å². The van der Waals surface area contributed by atoms with Crippen molar-refractivity contribution in [2.75, 3.05) is 46.3 Å². The first-order chi connectivity index (χ1) is 14.3. The number of piperazine rings is 1. The molecule has 29 heavy (non-hydrogen) atoms. The van der Waals surface area contributed by atoms with Crippen LogP contribution in [-0.2, 0) is 6.54 Å². The van der Waals surface area contributed by atoms with E-state index in [0.717, 1.165) is 70.4 Å². The molecule has 1 saturated heterocycles. The molecule has 0 aliphatic carbocycles. The predicted molar refractivity (Wildman–Crippen MR) is 121 cm³/mol. The first kappa shape index (κ1) is 21.1. The number of rotatable bonds is 8. The van der Waals surface area contributed by atoms with E-state index in [2.05, 4.69) is 85.3 Å². The van der Waals surface area contributed by atoms with Crippen molar-refractivity contribution in [3.8, 4) is 0 Å². The van der Waals surface area contributed by atoms with Gasteiger partial charge in [-0.1, -0.05) is 42.5 Å². The number of imidazole rings is 1. The minimum atomic E-state index is 0.959. The van der Waals surface area contributed by atoms with Crippen molar-refractivity contribution in [2.24, 2.45) is 4.99 Å². The zero-order chi connectivity index (χ0) is 20.3. The third-order valence-electron chi connectivity index (χ3n) is 5.39. The van der Waals surface area contributed by atoms with Crippen LogP contribution in [0.3, 0.4) is 0 Å². The lowest BCUT2D eigenvalue weighted by atomic mass is 10.2. The second-order valence-electron chi connectivity index (χ2n) is 7.45. The Morgan fingerprint density at radius 3 is 2.62 bits per heavy atom. The smallest absolute Gasteiger partial charge is 0.193 e. The number of aliphatic imine (C=N–C) groups is 1. The molecule has 1 aliphatic heterocycles. The number of benzene rings is 1. The van der Waals surface area contributed by atoms with Gasteiger partial charge in [0.1, 0.15) is 5.82 Å². The van der Waals surface area contributed by atoms with Crippen LogP contribution in [-0.4, -0.2) is 71.6 Å². The molecule has 6 nitrogen and oxygen atoms in total. The van der Waals surface area contributed by atoms with Gasteiger partial charge < -0.3 is 14.8 Å². The van der Waals surface area contributed by atoms with Crippen LogP contribution < -0.4 is 5.32 Å². The first-order valence-electron chi connectivity index (χ1n) is 10.6. The van der Waals surface area contributed by atoms with Gasteiger partial charge in [-0.15, -0.1) is 0 Å².